The molecule has 1 aliphatic heterocycles. The van der Waals surface area contributed by atoms with Gasteiger partial charge in [0.15, 0.2) is 5.60 Å². The number of benzene rings is 1. The Hall–Kier alpha value is -0.900. The van der Waals surface area contributed by atoms with Crippen molar-refractivity contribution in [3.05, 3.63) is 35.4 Å². The molecule has 3 nitrogen and oxygen atoms in total. The molecule has 3 heteroatoms. The van der Waals surface area contributed by atoms with Crippen LogP contribution in [0.3, 0.4) is 0 Å². The van der Waals surface area contributed by atoms with E-state index in [1.165, 1.54) is 17.5 Å². The molecule has 0 saturated carbocycles. The van der Waals surface area contributed by atoms with Gasteiger partial charge < -0.3 is 4.74 Å². The molecule has 0 spiro atoms. The van der Waals surface area contributed by atoms with Gasteiger partial charge in [-0.15, -0.1) is 0 Å². The van der Waals surface area contributed by atoms with E-state index < -0.39 is 0 Å². The second kappa shape index (κ2) is 7.21. The summed E-state index contributed by atoms with van der Waals surface area (Å²) in [6, 6.07) is 8.85. The maximum Gasteiger partial charge on any atom is 0.154 e. The smallest absolute Gasteiger partial charge is 0.154 e. The zero-order valence-electron chi connectivity index (χ0n) is 12.9. The maximum atomic E-state index is 5.58. The number of hydrogen-bond acceptors (Lipinski definition) is 3. The molecule has 2 rings (SSSR count). The van der Waals surface area contributed by atoms with Crippen molar-refractivity contribution in [1.29, 1.82) is 0 Å². The van der Waals surface area contributed by atoms with Gasteiger partial charge in [-0.25, -0.2) is 9.78 Å². The van der Waals surface area contributed by atoms with Gasteiger partial charge in [0.1, 0.15) is 0 Å². The predicted molar refractivity (Wildman–Crippen MR) is 79.7 cm³/mol. The van der Waals surface area contributed by atoms with Gasteiger partial charge in [-0.2, -0.15) is 0 Å². The van der Waals surface area contributed by atoms with Crippen molar-refractivity contribution < 1.29 is 14.5 Å². The van der Waals surface area contributed by atoms with Crippen LogP contribution in [0.4, 0.5) is 0 Å². The molecule has 0 amide bonds. The Morgan fingerprint density at radius 1 is 1.20 bits per heavy atom. The molecule has 0 bridgehead atoms. The van der Waals surface area contributed by atoms with Crippen molar-refractivity contribution in [2.75, 3.05) is 19.8 Å². The third-order valence-corrected chi connectivity index (χ3v) is 3.94. The lowest BCUT2D eigenvalue weighted by atomic mass is 9.91. The first-order valence-corrected chi connectivity index (χ1v) is 7.66. The first kappa shape index (κ1) is 15.5. The summed E-state index contributed by atoms with van der Waals surface area (Å²) in [6.07, 6.45) is 2.98. The summed E-state index contributed by atoms with van der Waals surface area (Å²) < 4.78 is 5.32. The molecule has 1 aromatic carbocycles. The highest BCUT2D eigenvalue weighted by atomic mass is 17.2. The Balaban J connectivity index is 1.94. The molecule has 1 saturated heterocycles. The second-order valence-corrected chi connectivity index (χ2v) is 5.81. The van der Waals surface area contributed by atoms with E-state index in [4.69, 9.17) is 14.5 Å². The summed E-state index contributed by atoms with van der Waals surface area (Å²) in [5, 5.41) is 0. The third-order valence-electron chi connectivity index (χ3n) is 3.94. The fourth-order valence-corrected chi connectivity index (χ4v) is 2.33. The summed E-state index contributed by atoms with van der Waals surface area (Å²) in [5.74, 6) is 0.620. The van der Waals surface area contributed by atoms with Crippen molar-refractivity contribution in [3.8, 4) is 0 Å². The fourth-order valence-electron chi connectivity index (χ4n) is 2.33. The van der Waals surface area contributed by atoms with E-state index in [2.05, 4.69) is 45.0 Å². The van der Waals surface area contributed by atoms with E-state index in [9.17, 15) is 0 Å². The molecule has 1 aromatic rings. The molecule has 112 valence electrons. The Morgan fingerprint density at radius 2 is 1.90 bits per heavy atom. The van der Waals surface area contributed by atoms with Crippen LogP contribution < -0.4 is 0 Å². The van der Waals surface area contributed by atoms with Crippen molar-refractivity contribution >= 4 is 0 Å². The van der Waals surface area contributed by atoms with E-state index >= 15 is 0 Å². The van der Waals surface area contributed by atoms with Crippen LogP contribution in [0.15, 0.2) is 24.3 Å². The summed E-state index contributed by atoms with van der Waals surface area (Å²) in [7, 11) is 0. The number of rotatable bonds is 8. The zero-order valence-corrected chi connectivity index (χ0v) is 12.9. The van der Waals surface area contributed by atoms with E-state index in [1.54, 1.807) is 0 Å². The lowest BCUT2D eigenvalue weighted by Crippen LogP contribution is -2.53. The van der Waals surface area contributed by atoms with Crippen LogP contribution in [-0.2, 0) is 20.9 Å². The molecule has 1 aliphatic rings. The van der Waals surface area contributed by atoms with Crippen molar-refractivity contribution in [2.45, 2.75) is 51.6 Å². The molecule has 1 atom stereocenters. The fraction of sp³-hybridized carbons (Fsp3) is 0.647. The molecule has 1 heterocycles. The lowest BCUT2D eigenvalue weighted by molar-refractivity contribution is -0.405. The maximum absolute atomic E-state index is 5.58. The standard InChI is InChI=1S/C17H26O3/c1-4-10-19-20-17(12-18-13-17)11-15-6-8-16(9-7-15)14(3)5-2/h6-9,14H,4-5,10-13H2,1-3H3. The second-order valence-electron chi connectivity index (χ2n) is 5.81. The molecule has 0 aliphatic carbocycles. The average molecular weight is 278 g/mol. The van der Waals surface area contributed by atoms with Crippen LogP contribution in [0.5, 0.6) is 0 Å². The highest BCUT2D eigenvalue weighted by Gasteiger charge is 2.41. The lowest BCUT2D eigenvalue weighted by Gasteiger charge is -2.39. The predicted octanol–water partition coefficient (Wildman–Crippen LogP) is 3.87. The minimum Gasteiger partial charge on any atom is -0.375 e. The molecular weight excluding hydrogens is 252 g/mol. The summed E-state index contributed by atoms with van der Waals surface area (Å²) >= 11 is 0. The van der Waals surface area contributed by atoms with E-state index in [1.807, 2.05) is 0 Å². The highest BCUT2D eigenvalue weighted by Crippen LogP contribution is 2.28. The molecular formula is C17H26O3. The Labute approximate surface area is 122 Å². The topological polar surface area (TPSA) is 27.7 Å². The quantitative estimate of drug-likeness (QED) is 0.410. The van der Waals surface area contributed by atoms with Gasteiger partial charge in [-0.3, -0.25) is 0 Å². The average Bonchev–Trinajstić information content (AvgIpc) is 2.44. The van der Waals surface area contributed by atoms with Crippen LogP contribution in [0.25, 0.3) is 0 Å². The Kier molecular flexibility index (Phi) is 5.58. The molecule has 0 N–H and O–H groups in total. The summed E-state index contributed by atoms with van der Waals surface area (Å²) in [4.78, 5) is 10.8. The summed E-state index contributed by atoms with van der Waals surface area (Å²) in [6.45, 7) is 8.42. The molecule has 0 aromatic heterocycles. The van der Waals surface area contributed by atoms with Gasteiger partial charge in [0.2, 0.25) is 0 Å². The van der Waals surface area contributed by atoms with Gasteiger partial charge in [-0.1, -0.05) is 45.0 Å². The first-order chi connectivity index (χ1) is 9.69. The van der Waals surface area contributed by atoms with Gasteiger partial charge in [0.25, 0.3) is 0 Å². The normalized spacial score (nSPS) is 18.6. The minimum atomic E-state index is -0.285. The molecule has 1 fully saturated rings. The largest absolute Gasteiger partial charge is 0.375 e. The van der Waals surface area contributed by atoms with Crippen molar-refractivity contribution in [1.82, 2.24) is 0 Å². The van der Waals surface area contributed by atoms with Crippen LogP contribution in [-0.4, -0.2) is 25.4 Å². The minimum absolute atomic E-state index is 0.285. The third kappa shape index (κ3) is 3.81. The number of ether oxygens (including phenoxy) is 1. The molecule has 0 radical (unpaired) electrons. The zero-order chi connectivity index (χ0) is 14.4. The van der Waals surface area contributed by atoms with Crippen LogP contribution in [0.1, 0.15) is 50.7 Å². The highest BCUT2D eigenvalue weighted by molar-refractivity contribution is 5.26. The monoisotopic (exact) mass is 278 g/mol. The van der Waals surface area contributed by atoms with E-state index in [0.29, 0.717) is 25.7 Å². The molecule has 1 unspecified atom stereocenters. The van der Waals surface area contributed by atoms with Crippen molar-refractivity contribution in [3.63, 3.8) is 0 Å². The van der Waals surface area contributed by atoms with Crippen molar-refractivity contribution in [2.24, 2.45) is 0 Å². The van der Waals surface area contributed by atoms with E-state index in [0.717, 1.165) is 12.8 Å². The van der Waals surface area contributed by atoms with Crippen LogP contribution in [0, 0.1) is 0 Å². The first-order valence-electron chi connectivity index (χ1n) is 7.66. The van der Waals surface area contributed by atoms with Gasteiger partial charge >= 0.3 is 0 Å². The number of hydrogen-bond donors (Lipinski definition) is 0. The van der Waals surface area contributed by atoms with E-state index in [-0.39, 0.29) is 5.60 Å². The van der Waals surface area contributed by atoms with Crippen LogP contribution in [0.2, 0.25) is 0 Å². The van der Waals surface area contributed by atoms with Gasteiger partial charge in [0.05, 0.1) is 19.8 Å². The van der Waals surface area contributed by atoms with Gasteiger partial charge in [0, 0.05) is 6.42 Å². The Bertz CT molecular complexity index is 395. The van der Waals surface area contributed by atoms with Crippen LogP contribution >= 0.6 is 0 Å². The van der Waals surface area contributed by atoms with Gasteiger partial charge in [-0.05, 0) is 29.9 Å². The molecule has 20 heavy (non-hydrogen) atoms. The summed E-state index contributed by atoms with van der Waals surface area (Å²) in [5.41, 5.74) is 2.39. The Morgan fingerprint density at radius 3 is 2.40 bits per heavy atom. The SMILES string of the molecule is CCCOOC1(Cc2ccc(C(C)CC)cc2)COC1.